The number of ether oxygens (including phenoxy) is 1. The van der Waals surface area contributed by atoms with Gasteiger partial charge < -0.3 is 9.84 Å². The van der Waals surface area contributed by atoms with Crippen molar-refractivity contribution in [2.75, 3.05) is 11.8 Å². The number of anilines is 1. The van der Waals surface area contributed by atoms with Crippen molar-refractivity contribution in [3.63, 3.8) is 0 Å². The van der Waals surface area contributed by atoms with Gasteiger partial charge in [-0.15, -0.1) is 0 Å². The van der Waals surface area contributed by atoms with E-state index in [1.54, 1.807) is 44.2 Å². The minimum Gasteiger partial charge on any atom is -0.495 e. The van der Waals surface area contributed by atoms with Gasteiger partial charge in [0.15, 0.2) is 0 Å². The zero-order valence-electron chi connectivity index (χ0n) is 13.6. The molecular formula is C17H19NO5S. The number of carbonyl (C=O) groups is 1. The lowest BCUT2D eigenvalue weighted by atomic mass is 9.85. The molecule has 24 heavy (non-hydrogen) atoms. The third-order valence-corrected chi connectivity index (χ3v) is 5.17. The van der Waals surface area contributed by atoms with Gasteiger partial charge in [-0.05, 0) is 43.7 Å². The average molecular weight is 349 g/mol. The molecule has 0 heterocycles. The molecule has 0 unspecified atom stereocenters. The highest BCUT2D eigenvalue weighted by Gasteiger charge is 2.29. The molecule has 0 fully saturated rings. The van der Waals surface area contributed by atoms with Crippen LogP contribution in [0.15, 0.2) is 53.4 Å². The molecule has 0 bridgehead atoms. The fraction of sp³-hybridized carbons (Fsp3) is 0.235. The summed E-state index contributed by atoms with van der Waals surface area (Å²) in [5, 5.41) is 9.23. The number of para-hydroxylation sites is 1. The lowest BCUT2D eigenvalue weighted by Crippen LogP contribution is -2.28. The zero-order chi connectivity index (χ0) is 18.0. The molecular weight excluding hydrogens is 330 g/mol. The number of carboxylic acid groups (broad SMARTS) is 1. The molecule has 0 aliphatic rings. The summed E-state index contributed by atoms with van der Waals surface area (Å²) in [5.74, 6) is -0.710. The molecule has 6 nitrogen and oxygen atoms in total. The molecule has 0 aliphatic heterocycles. The quantitative estimate of drug-likeness (QED) is 0.836. The number of hydrogen-bond donors (Lipinski definition) is 2. The van der Waals surface area contributed by atoms with Gasteiger partial charge in [-0.1, -0.05) is 24.3 Å². The molecule has 0 saturated carbocycles. The average Bonchev–Trinajstić information content (AvgIpc) is 2.54. The summed E-state index contributed by atoms with van der Waals surface area (Å²) >= 11 is 0. The van der Waals surface area contributed by atoms with Gasteiger partial charge in [0.2, 0.25) is 0 Å². The number of methoxy groups -OCH3 is 1. The maximum atomic E-state index is 12.5. The van der Waals surface area contributed by atoms with Crippen molar-refractivity contribution in [3.8, 4) is 5.75 Å². The molecule has 2 aromatic carbocycles. The number of nitrogens with one attached hydrogen (secondary N) is 1. The van der Waals surface area contributed by atoms with Gasteiger partial charge in [-0.3, -0.25) is 9.52 Å². The molecule has 2 aromatic rings. The van der Waals surface area contributed by atoms with Crippen LogP contribution in [0.25, 0.3) is 0 Å². The number of rotatable bonds is 6. The standard InChI is InChI=1S/C17H19NO5S/c1-17(2,16(19)20)12-8-10-13(11-9-12)18-24(21,22)15-7-5-4-6-14(15)23-3/h4-11,18H,1-3H3,(H,19,20). The first-order valence-electron chi connectivity index (χ1n) is 7.18. The molecule has 0 aliphatic carbocycles. The first-order valence-corrected chi connectivity index (χ1v) is 8.66. The summed E-state index contributed by atoms with van der Waals surface area (Å²) in [6.07, 6.45) is 0. The lowest BCUT2D eigenvalue weighted by Gasteiger charge is -2.20. The molecule has 0 radical (unpaired) electrons. The smallest absolute Gasteiger partial charge is 0.313 e. The van der Waals surface area contributed by atoms with Crippen molar-refractivity contribution in [3.05, 3.63) is 54.1 Å². The highest BCUT2D eigenvalue weighted by atomic mass is 32.2. The third kappa shape index (κ3) is 3.51. The van der Waals surface area contributed by atoms with Crippen LogP contribution in [0.2, 0.25) is 0 Å². The van der Waals surface area contributed by atoms with E-state index in [-0.39, 0.29) is 10.6 Å². The summed E-state index contributed by atoms with van der Waals surface area (Å²) in [6.45, 7) is 3.17. The maximum Gasteiger partial charge on any atom is 0.313 e. The molecule has 2 rings (SSSR count). The lowest BCUT2D eigenvalue weighted by molar-refractivity contribution is -0.142. The van der Waals surface area contributed by atoms with Crippen molar-refractivity contribution in [1.82, 2.24) is 0 Å². The number of hydrogen-bond acceptors (Lipinski definition) is 4. The minimum atomic E-state index is -3.81. The number of aliphatic carboxylic acids is 1. The van der Waals surface area contributed by atoms with Crippen LogP contribution in [0.4, 0.5) is 5.69 Å². The van der Waals surface area contributed by atoms with E-state index < -0.39 is 21.4 Å². The Bertz CT molecular complexity index is 842. The normalized spacial score (nSPS) is 11.8. The van der Waals surface area contributed by atoms with E-state index in [1.165, 1.54) is 25.3 Å². The van der Waals surface area contributed by atoms with Gasteiger partial charge in [-0.25, -0.2) is 8.42 Å². The van der Waals surface area contributed by atoms with E-state index in [0.29, 0.717) is 11.3 Å². The monoisotopic (exact) mass is 349 g/mol. The van der Waals surface area contributed by atoms with E-state index in [2.05, 4.69) is 4.72 Å². The first-order chi connectivity index (χ1) is 11.2. The molecule has 0 aromatic heterocycles. The second-order valence-corrected chi connectivity index (χ2v) is 7.41. The van der Waals surface area contributed by atoms with Crippen molar-refractivity contribution in [2.45, 2.75) is 24.2 Å². The van der Waals surface area contributed by atoms with Crippen molar-refractivity contribution in [2.24, 2.45) is 0 Å². The van der Waals surface area contributed by atoms with Crippen LogP contribution in [0.3, 0.4) is 0 Å². The SMILES string of the molecule is COc1ccccc1S(=O)(=O)Nc1ccc(C(C)(C)C(=O)O)cc1. The van der Waals surface area contributed by atoms with E-state index in [9.17, 15) is 18.3 Å². The number of sulfonamides is 1. The van der Waals surface area contributed by atoms with Gasteiger partial charge in [0.05, 0.1) is 12.5 Å². The predicted octanol–water partition coefficient (Wildman–Crippen LogP) is 2.86. The molecule has 0 saturated heterocycles. The Labute approximate surface area is 141 Å². The van der Waals surface area contributed by atoms with Gasteiger partial charge in [0.1, 0.15) is 10.6 Å². The van der Waals surface area contributed by atoms with Crippen molar-refractivity contribution >= 4 is 21.7 Å². The van der Waals surface area contributed by atoms with E-state index >= 15 is 0 Å². The first kappa shape index (κ1) is 17.8. The Morgan fingerprint density at radius 3 is 2.21 bits per heavy atom. The third-order valence-electron chi connectivity index (χ3n) is 3.75. The predicted molar refractivity (Wildman–Crippen MR) is 90.9 cm³/mol. The van der Waals surface area contributed by atoms with Crippen LogP contribution in [0, 0.1) is 0 Å². The summed E-state index contributed by atoms with van der Waals surface area (Å²) in [5.41, 5.74) is -0.138. The van der Waals surface area contributed by atoms with Crippen LogP contribution in [-0.2, 0) is 20.2 Å². The van der Waals surface area contributed by atoms with E-state index in [1.807, 2.05) is 0 Å². The number of carboxylic acids is 1. The van der Waals surface area contributed by atoms with Crippen LogP contribution >= 0.6 is 0 Å². The second-order valence-electron chi connectivity index (χ2n) is 5.76. The van der Waals surface area contributed by atoms with Crippen LogP contribution in [0.5, 0.6) is 5.75 Å². The minimum absolute atomic E-state index is 0.0300. The van der Waals surface area contributed by atoms with Gasteiger partial charge in [0, 0.05) is 5.69 Å². The Morgan fingerprint density at radius 2 is 1.67 bits per heavy atom. The fourth-order valence-corrected chi connectivity index (χ4v) is 3.36. The highest BCUT2D eigenvalue weighted by molar-refractivity contribution is 7.92. The molecule has 0 atom stereocenters. The Kier molecular flexibility index (Phi) is 4.84. The van der Waals surface area contributed by atoms with Gasteiger partial charge in [-0.2, -0.15) is 0 Å². The fourth-order valence-electron chi connectivity index (χ4n) is 2.13. The summed E-state index contributed by atoms with van der Waals surface area (Å²) in [4.78, 5) is 11.3. The van der Waals surface area contributed by atoms with Crippen LogP contribution in [-0.4, -0.2) is 26.6 Å². The Hall–Kier alpha value is -2.54. The Morgan fingerprint density at radius 1 is 1.08 bits per heavy atom. The van der Waals surface area contributed by atoms with Gasteiger partial charge >= 0.3 is 5.97 Å². The molecule has 7 heteroatoms. The van der Waals surface area contributed by atoms with Crippen molar-refractivity contribution < 1.29 is 23.1 Å². The molecule has 0 amide bonds. The maximum absolute atomic E-state index is 12.5. The second kappa shape index (κ2) is 6.52. The summed E-state index contributed by atoms with van der Waals surface area (Å²) < 4.78 is 32.5. The zero-order valence-corrected chi connectivity index (χ0v) is 14.4. The van der Waals surface area contributed by atoms with Crippen molar-refractivity contribution in [1.29, 1.82) is 0 Å². The largest absolute Gasteiger partial charge is 0.495 e. The van der Waals surface area contributed by atoms with Crippen LogP contribution in [0.1, 0.15) is 19.4 Å². The highest BCUT2D eigenvalue weighted by Crippen LogP contribution is 2.27. The van der Waals surface area contributed by atoms with E-state index in [0.717, 1.165) is 0 Å². The topological polar surface area (TPSA) is 92.7 Å². The molecule has 2 N–H and O–H groups in total. The summed E-state index contributed by atoms with van der Waals surface area (Å²) in [7, 11) is -2.41. The molecule has 0 spiro atoms. The van der Waals surface area contributed by atoms with Crippen LogP contribution < -0.4 is 9.46 Å². The van der Waals surface area contributed by atoms with E-state index in [4.69, 9.17) is 4.74 Å². The Balaban J connectivity index is 2.30. The van der Waals surface area contributed by atoms with Gasteiger partial charge in [0.25, 0.3) is 10.0 Å². The number of benzene rings is 2. The summed E-state index contributed by atoms with van der Waals surface area (Å²) in [6, 6.07) is 12.6. The molecule has 128 valence electrons.